The van der Waals surface area contributed by atoms with Crippen LogP contribution >= 0.6 is 11.8 Å². The normalized spacial score (nSPS) is 10.4. The lowest BCUT2D eigenvalue weighted by molar-refractivity contribution is 0.0514. The van der Waals surface area contributed by atoms with E-state index in [1.54, 1.807) is 24.8 Å². The molecule has 0 aliphatic heterocycles. The molecule has 0 fully saturated rings. The van der Waals surface area contributed by atoms with Gasteiger partial charge in [-0.3, -0.25) is 0 Å². The fraction of sp³-hybridized carbons (Fsp3) is 0.286. The molecule has 0 atom stereocenters. The van der Waals surface area contributed by atoms with Gasteiger partial charge in [0, 0.05) is 11.0 Å². The number of rotatable bonds is 5. The van der Waals surface area contributed by atoms with Gasteiger partial charge in [0.1, 0.15) is 5.76 Å². The summed E-state index contributed by atoms with van der Waals surface area (Å²) in [5, 5.41) is 3.70. The van der Waals surface area contributed by atoms with E-state index in [4.69, 9.17) is 9.26 Å². The van der Waals surface area contributed by atoms with Crippen LogP contribution in [0.15, 0.2) is 39.8 Å². The van der Waals surface area contributed by atoms with Crippen LogP contribution in [0, 0.1) is 6.92 Å². The zero-order chi connectivity index (χ0) is 13.7. The van der Waals surface area contributed by atoms with Crippen molar-refractivity contribution in [2.45, 2.75) is 24.5 Å². The second-order valence-electron chi connectivity index (χ2n) is 4.00. The van der Waals surface area contributed by atoms with Crippen LogP contribution in [-0.4, -0.2) is 17.7 Å². The molecule has 0 unspecified atom stereocenters. The lowest BCUT2D eigenvalue weighted by atomic mass is 10.2. The van der Waals surface area contributed by atoms with Gasteiger partial charge in [-0.2, -0.15) is 0 Å². The molecule has 0 saturated carbocycles. The molecule has 0 bridgehead atoms. The van der Waals surface area contributed by atoms with E-state index in [2.05, 4.69) is 36.3 Å². The number of aromatic nitrogens is 1. The summed E-state index contributed by atoms with van der Waals surface area (Å²) in [6, 6.07) is 9.87. The third kappa shape index (κ3) is 3.86. The number of nitrogens with zero attached hydrogens (tertiary/aromatic N) is 1. The second-order valence-corrected chi connectivity index (χ2v) is 5.05. The van der Waals surface area contributed by atoms with Crippen LogP contribution in [0.4, 0.5) is 0 Å². The van der Waals surface area contributed by atoms with Gasteiger partial charge in [-0.1, -0.05) is 22.9 Å². The first-order chi connectivity index (χ1) is 9.19. The lowest BCUT2D eigenvalue weighted by Crippen LogP contribution is -2.04. The Labute approximate surface area is 116 Å². The molecule has 100 valence electrons. The van der Waals surface area contributed by atoms with Crippen molar-refractivity contribution in [3.63, 3.8) is 0 Å². The number of hydrogen-bond acceptors (Lipinski definition) is 5. The Bertz CT molecular complexity index is 548. The number of carbonyl (C=O) groups excluding carboxylic acids is 1. The van der Waals surface area contributed by atoms with Gasteiger partial charge in [-0.05, 0) is 26.0 Å². The van der Waals surface area contributed by atoms with E-state index < -0.39 is 5.97 Å². The minimum atomic E-state index is -0.446. The first-order valence-corrected chi connectivity index (χ1v) is 7.00. The monoisotopic (exact) mass is 277 g/mol. The minimum Gasteiger partial charge on any atom is -0.461 e. The Morgan fingerprint density at radius 3 is 2.79 bits per heavy atom. The summed E-state index contributed by atoms with van der Waals surface area (Å²) in [7, 11) is 0. The van der Waals surface area contributed by atoms with Crippen LogP contribution in [-0.2, 0) is 10.5 Å². The molecule has 5 heteroatoms. The molecule has 0 aliphatic rings. The molecule has 19 heavy (non-hydrogen) atoms. The summed E-state index contributed by atoms with van der Waals surface area (Å²) in [6.07, 6.45) is 0. The minimum absolute atomic E-state index is 0.223. The lowest BCUT2D eigenvalue weighted by Gasteiger charge is -1.99. The van der Waals surface area contributed by atoms with Crippen LogP contribution in [0.2, 0.25) is 0 Å². The molecule has 0 aliphatic carbocycles. The van der Waals surface area contributed by atoms with Crippen molar-refractivity contribution in [3.8, 4) is 0 Å². The van der Waals surface area contributed by atoms with Gasteiger partial charge in [0.2, 0.25) is 0 Å². The van der Waals surface area contributed by atoms with E-state index in [9.17, 15) is 4.79 Å². The highest BCUT2D eigenvalue weighted by Crippen LogP contribution is 2.23. The van der Waals surface area contributed by atoms with Crippen LogP contribution < -0.4 is 0 Å². The van der Waals surface area contributed by atoms with Crippen LogP contribution in [0.1, 0.15) is 28.7 Å². The molecule has 1 heterocycles. The van der Waals surface area contributed by atoms with Crippen molar-refractivity contribution in [2.24, 2.45) is 0 Å². The molecule has 1 aromatic carbocycles. The van der Waals surface area contributed by atoms with Gasteiger partial charge in [0.15, 0.2) is 5.69 Å². The highest BCUT2D eigenvalue weighted by atomic mass is 32.2. The SMILES string of the molecule is CCOC(=O)c1cc(CSc2ccc(C)cc2)on1. The maximum absolute atomic E-state index is 11.4. The Morgan fingerprint density at radius 1 is 1.37 bits per heavy atom. The average Bonchev–Trinajstić information content (AvgIpc) is 2.87. The number of thioether (sulfide) groups is 1. The van der Waals surface area contributed by atoms with Crippen molar-refractivity contribution in [3.05, 3.63) is 47.3 Å². The van der Waals surface area contributed by atoms with E-state index in [1.165, 1.54) is 5.56 Å². The quantitative estimate of drug-likeness (QED) is 0.619. The Kier molecular flexibility index (Phi) is 4.63. The van der Waals surface area contributed by atoms with Crippen molar-refractivity contribution in [1.29, 1.82) is 0 Å². The molecule has 0 radical (unpaired) electrons. The molecule has 0 spiro atoms. The zero-order valence-corrected chi connectivity index (χ0v) is 11.7. The molecule has 4 nitrogen and oxygen atoms in total. The maximum Gasteiger partial charge on any atom is 0.360 e. The topological polar surface area (TPSA) is 52.3 Å². The van der Waals surface area contributed by atoms with E-state index in [0.29, 0.717) is 18.1 Å². The second kappa shape index (κ2) is 6.43. The van der Waals surface area contributed by atoms with Gasteiger partial charge in [-0.25, -0.2) is 4.79 Å². The molecule has 0 saturated heterocycles. The molecular formula is C14H15NO3S. The summed E-state index contributed by atoms with van der Waals surface area (Å²) in [4.78, 5) is 12.6. The molecule has 0 amide bonds. The first kappa shape index (κ1) is 13.7. The predicted molar refractivity (Wildman–Crippen MR) is 73.2 cm³/mol. The third-order valence-corrected chi connectivity index (χ3v) is 3.48. The van der Waals surface area contributed by atoms with E-state index in [0.717, 1.165) is 4.90 Å². The van der Waals surface area contributed by atoms with Crippen LogP contribution in [0.3, 0.4) is 0 Å². The number of carbonyl (C=O) groups is 1. The van der Waals surface area contributed by atoms with E-state index >= 15 is 0 Å². The van der Waals surface area contributed by atoms with Crippen LogP contribution in [0.5, 0.6) is 0 Å². The smallest absolute Gasteiger partial charge is 0.360 e. The molecule has 1 aromatic heterocycles. The largest absolute Gasteiger partial charge is 0.461 e. The average molecular weight is 277 g/mol. The highest BCUT2D eigenvalue weighted by Gasteiger charge is 2.13. The predicted octanol–water partition coefficient (Wildman–Crippen LogP) is 3.45. The molecule has 2 aromatic rings. The Balaban J connectivity index is 1.93. The molecule has 2 rings (SSSR count). The molecule has 0 N–H and O–H groups in total. The summed E-state index contributed by atoms with van der Waals surface area (Å²) in [5.74, 6) is 0.849. The summed E-state index contributed by atoms with van der Waals surface area (Å²) in [5.41, 5.74) is 1.45. The number of aryl methyl sites for hydroxylation is 1. The van der Waals surface area contributed by atoms with Gasteiger partial charge < -0.3 is 9.26 Å². The van der Waals surface area contributed by atoms with E-state index in [1.807, 2.05) is 0 Å². The fourth-order valence-electron chi connectivity index (χ4n) is 1.47. The van der Waals surface area contributed by atoms with Crippen molar-refractivity contribution in [1.82, 2.24) is 5.16 Å². The zero-order valence-electron chi connectivity index (χ0n) is 10.9. The van der Waals surface area contributed by atoms with E-state index in [-0.39, 0.29) is 5.69 Å². The Morgan fingerprint density at radius 2 is 2.11 bits per heavy atom. The fourth-order valence-corrected chi connectivity index (χ4v) is 2.24. The van der Waals surface area contributed by atoms with Crippen molar-refractivity contribution >= 4 is 17.7 Å². The molecular weight excluding hydrogens is 262 g/mol. The number of hydrogen-bond donors (Lipinski definition) is 0. The maximum atomic E-state index is 11.4. The standard InChI is InChI=1S/C14H15NO3S/c1-3-17-14(16)13-8-11(18-15-13)9-19-12-6-4-10(2)5-7-12/h4-8H,3,9H2,1-2H3. The number of esters is 1. The first-order valence-electron chi connectivity index (χ1n) is 6.01. The van der Waals surface area contributed by atoms with Crippen LogP contribution in [0.25, 0.3) is 0 Å². The van der Waals surface area contributed by atoms with Crippen molar-refractivity contribution in [2.75, 3.05) is 6.61 Å². The van der Waals surface area contributed by atoms with Gasteiger partial charge >= 0.3 is 5.97 Å². The van der Waals surface area contributed by atoms with Crippen molar-refractivity contribution < 1.29 is 14.1 Å². The summed E-state index contributed by atoms with van der Waals surface area (Å²) in [6.45, 7) is 4.14. The highest BCUT2D eigenvalue weighted by molar-refractivity contribution is 7.98. The summed E-state index contributed by atoms with van der Waals surface area (Å²) >= 11 is 1.63. The summed E-state index contributed by atoms with van der Waals surface area (Å²) < 4.78 is 9.95. The Hall–Kier alpha value is -1.75. The number of ether oxygens (including phenoxy) is 1. The van der Waals surface area contributed by atoms with Gasteiger partial charge in [0.05, 0.1) is 12.4 Å². The van der Waals surface area contributed by atoms with Gasteiger partial charge in [-0.15, -0.1) is 11.8 Å². The van der Waals surface area contributed by atoms with Gasteiger partial charge in [0.25, 0.3) is 0 Å². The number of benzene rings is 1. The third-order valence-electron chi connectivity index (χ3n) is 2.45.